The van der Waals surface area contributed by atoms with E-state index in [1.54, 1.807) is 52.7 Å². The Balaban J connectivity index is 1.38. The van der Waals surface area contributed by atoms with Crippen molar-refractivity contribution in [2.24, 2.45) is 5.92 Å². The first-order valence-electron chi connectivity index (χ1n) is 11.3. The molecule has 0 radical (unpaired) electrons. The number of hydrogen-bond acceptors (Lipinski definition) is 9. The smallest absolute Gasteiger partial charge is 0.241 e. The molecule has 0 bridgehead atoms. The number of rotatable bonds is 9. The Morgan fingerprint density at radius 1 is 1.00 bits per heavy atom. The number of hydrogen-bond donors (Lipinski definition) is 1. The summed E-state index contributed by atoms with van der Waals surface area (Å²) in [6.45, 7) is 1.93. The number of amides is 1. The van der Waals surface area contributed by atoms with Crippen molar-refractivity contribution in [3.8, 4) is 34.4 Å². The largest absolute Gasteiger partial charge is 0.493 e. The van der Waals surface area contributed by atoms with E-state index >= 15 is 0 Å². The predicted octanol–water partition coefficient (Wildman–Crippen LogP) is 3.62. The van der Waals surface area contributed by atoms with Crippen LogP contribution in [-0.4, -0.2) is 62.5 Å². The van der Waals surface area contributed by atoms with Gasteiger partial charge in [0.05, 0.1) is 40.9 Å². The average Bonchev–Trinajstić information content (AvgIpc) is 3.36. The van der Waals surface area contributed by atoms with Crippen molar-refractivity contribution in [3.63, 3.8) is 0 Å². The van der Waals surface area contributed by atoms with Crippen molar-refractivity contribution in [2.45, 2.75) is 19.4 Å². The molecule has 2 aromatic carbocycles. The highest BCUT2D eigenvalue weighted by Gasteiger charge is 2.27. The molecule has 0 saturated carbocycles. The van der Waals surface area contributed by atoms with Crippen LogP contribution in [0.5, 0.6) is 23.0 Å². The van der Waals surface area contributed by atoms with Crippen LogP contribution in [-0.2, 0) is 11.3 Å². The first-order valence-corrected chi connectivity index (χ1v) is 11.3. The zero-order chi connectivity index (χ0) is 24.8. The summed E-state index contributed by atoms with van der Waals surface area (Å²) < 4.78 is 26.7. The molecule has 1 aliphatic heterocycles. The Kier molecular flexibility index (Phi) is 7.71. The molecule has 1 saturated heterocycles. The van der Waals surface area contributed by atoms with E-state index in [1.807, 2.05) is 12.1 Å². The Morgan fingerprint density at radius 3 is 2.40 bits per heavy atom. The lowest BCUT2D eigenvalue weighted by Gasteiger charge is -2.30. The maximum Gasteiger partial charge on any atom is 0.241 e. The van der Waals surface area contributed by atoms with Crippen LogP contribution in [0.25, 0.3) is 11.4 Å². The monoisotopic (exact) mass is 482 g/mol. The number of carbonyl (C=O) groups excluding carboxylic acids is 1. The number of likely N-dealkylation sites (tertiary alicyclic amines) is 1. The van der Waals surface area contributed by atoms with Crippen LogP contribution in [0.3, 0.4) is 0 Å². The van der Waals surface area contributed by atoms with E-state index < -0.39 is 0 Å². The molecular formula is C25H30N4O6. The van der Waals surface area contributed by atoms with Crippen molar-refractivity contribution in [1.82, 2.24) is 15.0 Å². The number of benzene rings is 2. The summed E-state index contributed by atoms with van der Waals surface area (Å²) in [7, 11) is 6.31. The van der Waals surface area contributed by atoms with Crippen molar-refractivity contribution < 1.29 is 28.3 Å². The molecule has 3 aromatic rings. The number of carbonyl (C=O) groups is 1. The summed E-state index contributed by atoms with van der Waals surface area (Å²) in [6.07, 6.45) is 1.72. The van der Waals surface area contributed by atoms with Crippen molar-refractivity contribution >= 4 is 11.6 Å². The van der Waals surface area contributed by atoms with Gasteiger partial charge in [0.15, 0.2) is 23.0 Å². The van der Waals surface area contributed by atoms with Gasteiger partial charge in [-0.25, -0.2) is 0 Å². The first-order chi connectivity index (χ1) is 17.0. The molecule has 1 fully saturated rings. The molecule has 1 aromatic heterocycles. The average molecular weight is 483 g/mol. The molecule has 4 rings (SSSR count). The van der Waals surface area contributed by atoms with Gasteiger partial charge in [0.25, 0.3) is 0 Å². The predicted molar refractivity (Wildman–Crippen MR) is 129 cm³/mol. The summed E-state index contributed by atoms with van der Waals surface area (Å²) in [5.74, 6) is 3.19. The molecule has 10 nitrogen and oxygen atoms in total. The summed E-state index contributed by atoms with van der Waals surface area (Å²) in [6, 6.07) is 10.8. The van der Waals surface area contributed by atoms with Crippen LogP contribution >= 0.6 is 0 Å². The maximum atomic E-state index is 12.9. The first kappa shape index (κ1) is 24.3. The molecule has 2 heterocycles. The molecule has 0 spiro atoms. The van der Waals surface area contributed by atoms with Gasteiger partial charge >= 0.3 is 0 Å². The highest BCUT2D eigenvalue weighted by atomic mass is 16.5. The van der Waals surface area contributed by atoms with Gasteiger partial charge in [0.1, 0.15) is 0 Å². The highest BCUT2D eigenvalue weighted by Crippen LogP contribution is 2.32. The molecule has 1 amide bonds. The second-order valence-corrected chi connectivity index (χ2v) is 8.21. The Hall–Kier alpha value is -3.79. The Bertz CT molecular complexity index is 1160. The molecule has 1 aliphatic rings. The second-order valence-electron chi connectivity index (χ2n) is 8.21. The van der Waals surface area contributed by atoms with Crippen LogP contribution in [0.2, 0.25) is 0 Å². The van der Waals surface area contributed by atoms with Gasteiger partial charge in [0.2, 0.25) is 17.6 Å². The minimum atomic E-state index is -0.148. The van der Waals surface area contributed by atoms with Crippen molar-refractivity contribution in [1.29, 1.82) is 0 Å². The minimum Gasteiger partial charge on any atom is -0.493 e. The van der Waals surface area contributed by atoms with Gasteiger partial charge in [-0.15, -0.1) is 0 Å². The molecule has 10 heteroatoms. The number of anilines is 1. The Labute approximate surface area is 204 Å². The van der Waals surface area contributed by atoms with E-state index in [0.29, 0.717) is 53.5 Å². The quantitative estimate of drug-likeness (QED) is 0.489. The zero-order valence-electron chi connectivity index (χ0n) is 20.4. The number of nitrogens with zero attached hydrogens (tertiary/aromatic N) is 3. The van der Waals surface area contributed by atoms with Crippen LogP contribution in [0.4, 0.5) is 5.69 Å². The lowest BCUT2D eigenvalue weighted by Crippen LogP contribution is -2.40. The molecular weight excluding hydrogens is 452 g/mol. The van der Waals surface area contributed by atoms with Crippen molar-refractivity contribution in [2.75, 3.05) is 46.8 Å². The SMILES string of the molecule is COc1ccc(NC(=O)C2CCCN(Cc3nc(-c4ccc(OC)c(OC)c4)no3)C2)cc1OC. The van der Waals surface area contributed by atoms with E-state index in [2.05, 4.69) is 20.4 Å². The maximum absolute atomic E-state index is 12.9. The van der Waals surface area contributed by atoms with Gasteiger partial charge in [0, 0.05) is 23.9 Å². The molecule has 1 atom stereocenters. The van der Waals surface area contributed by atoms with E-state index in [-0.39, 0.29) is 11.8 Å². The number of piperidine rings is 1. The molecule has 35 heavy (non-hydrogen) atoms. The molecule has 1 N–H and O–H groups in total. The fourth-order valence-corrected chi connectivity index (χ4v) is 4.17. The van der Waals surface area contributed by atoms with Crippen LogP contribution < -0.4 is 24.3 Å². The van der Waals surface area contributed by atoms with Gasteiger partial charge in [-0.1, -0.05) is 5.16 Å². The number of nitrogens with one attached hydrogen (secondary N) is 1. The zero-order valence-corrected chi connectivity index (χ0v) is 20.4. The lowest BCUT2D eigenvalue weighted by atomic mass is 9.97. The normalized spacial score (nSPS) is 15.9. The van der Waals surface area contributed by atoms with Crippen LogP contribution in [0.15, 0.2) is 40.9 Å². The molecule has 0 aliphatic carbocycles. The summed E-state index contributed by atoms with van der Waals surface area (Å²) >= 11 is 0. The third kappa shape index (κ3) is 5.65. The summed E-state index contributed by atoms with van der Waals surface area (Å²) in [5, 5.41) is 7.11. The lowest BCUT2D eigenvalue weighted by molar-refractivity contribution is -0.121. The fraction of sp³-hybridized carbons (Fsp3) is 0.400. The third-order valence-corrected chi connectivity index (χ3v) is 6.00. The third-order valence-electron chi connectivity index (χ3n) is 6.00. The van der Waals surface area contributed by atoms with Gasteiger partial charge in [-0.3, -0.25) is 9.69 Å². The topological polar surface area (TPSA) is 108 Å². The number of methoxy groups -OCH3 is 4. The van der Waals surface area contributed by atoms with Gasteiger partial charge in [-0.2, -0.15) is 4.98 Å². The van der Waals surface area contributed by atoms with Crippen LogP contribution in [0, 0.1) is 5.92 Å². The van der Waals surface area contributed by atoms with Gasteiger partial charge < -0.3 is 28.8 Å². The minimum absolute atomic E-state index is 0.0292. The molecule has 186 valence electrons. The van der Waals surface area contributed by atoms with Crippen LogP contribution in [0.1, 0.15) is 18.7 Å². The Morgan fingerprint density at radius 2 is 1.69 bits per heavy atom. The highest BCUT2D eigenvalue weighted by molar-refractivity contribution is 5.93. The van der Waals surface area contributed by atoms with E-state index in [1.165, 1.54) is 0 Å². The van der Waals surface area contributed by atoms with E-state index in [4.69, 9.17) is 23.5 Å². The van der Waals surface area contributed by atoms with E-state index in [0.717, 1.165) is 24.9 Å². The summed E-state index contributed by atoms with van der Waals surface area (Å²) in [5.41, 5.74) is 1.43. The molecule has 1 unspecified atom stereocenters. The second kappa shape index (κ2) is 11.1. The van der Waals surface area contributed by atoms with Crippen molar-refractivity contribution in [3.05, 3.63) is 42.3 Å². The fourth-order valence-electron chi connectivity index (χ4n) is 4.17. The van der Waals surface area contributed by atoms with Gasteiger partial charge in [-0.05, 0) is 49.7 Å². The number of aromatic nitrogens is 2. The van der Waals surface area contributed by atoms with E-state index in [9.17, 15) is 4.79 Å². The number of ether oxygens (including phenoxy) is 4. The summed E-state index contributed by atoms with van der Waals surface area (Å²) in [4.78, 5) is 19.6. The standard InChI is InChI=1S/C25H30N4O6/c1-31-19-9-7-16(12-21(19)33-3)24-27-23(35-28-24)15-29-11-5-6-17(14-29)25(30)26-18-8-10-20(32-2)22(13-18)34-4/h7-10,12-13,17H,5-6,11,14-15H2,1-4H3,(H,26,30).